The van der Waals surface area contributed by atoms with Crippen molar-refractivity contribution >= 4 is 38.6 Å². The first-order chi connectivity index (χ1) is 17.9. The largest absolute Gasteiger partial charge is 0.504 e. The molecule has 1 aromatic heterocycles. The molecular formula is C27H26N2O8S. The van der Waals surface area contributed by atoms with Crippen LogP contribution < -0.4 is 10.0 Å². The summed E-state index contributed by atoms with van der Waals surface area (Å²) in [6.07, 6.45) is 0. The number of nitrogens with one attached hydrogen (secondary N) is 2. The number of hydrogen-bond donors (Lipinski definition) is 5. The standard InChI is InChI=1S/C27H26N2O8S/c1-14(2)23(27(33)34)29-38(35,36)19-10-6-17(7-11-19)16-4-8-18(9-5-16)28-26(32)25-15(3)22-21(37-25)13-12-20(30)24(22)31/h4-14,23,29-31H,1-3H3,(H,28,32)(H,33,34)/t23-/m0/s1. The average Bonchev–Trinajstić information content (AvgIpc) is 3.22. The van der Waals surface area contributed by atoms with Crippen molar-refractivity contribution in [1.29, 1.82) is 0 Å². The lowest BCUT2D eigenvalue weighted by Crippen LogP contribution is -2.44. The van der Waals surface area contributed by atoms with Crippen LogP contribution in [0.2, 0.25) is 0 Å². The average molecular weight is 539 g/mol. The van der Waals surface area contributed by atoms with Crippen LogP contribution in [-0.4, -0.2) is 41.7 Å². The zero-order chi connectivity index (χ0) is 27.8. The summed E-state index contributed by atoms with van der Waals surface area (Å²) in [6, 6.07) is 14.3. The highest BCUT2D eigenvalue weighted by Gasteiger charge is 2.28. The summed E-state index contributed by atoms with van der Waals surface area (Å²) in [5.74, 6) is -2.89. The van der Waals surface area contributed by atoms with Crippen LogP contribution in [0.4, 0.5) is 5.69 Å². The first-order valence-corrected chi connectivity index (χ1v) is 13.1. The van der Waals surface area contributed by atoms with Gasteiger partial charge in [-0.1, -0.05) is 38.1 Å². The maximum atomic E-state index is 12.8. The molecule has 0 aliphatic rings. The molecule has 1 amide bonds. The van der Waals surface area contributed by atoms with E-state index in [4.69, 9.17) is 4.42 Å². The number of sulfonamides is 1. The zero-order valence-corrected chi connectivity index (χ0v) is 21.5. The molecule has 10 nitrogen and oxygen atoms in total. The van der Waals surface area contributed by atoms with Crippen LogP contribution >= 0.6 is 0 Å². The number of fused-ring (bicyclic) bond motifs is 1. The van der Waals surface area contributed by atoms with Gasteiger partial charge in [0.1, 0.15) is 11.6 Å². The molecule has 0 aliphatic carbocycles. The van der Waals surface area contributed by atoms with Gasteiger partial charge in [-0.25, -0.2) is 8.42 Å². The van der Waals surface area contributed by atoms with Crippen LogP contribution in [0.15, 0.2) is 70.0 Å². The number of phenols is 2. The minimum absolute atomic E-state index is 0.00186. The molecule has 4 rings (SSSR count). The molecular weight excluding hydrogens is 512 g/mol. The zero-order valence-electron chi connectivity index (χ0n) is 20.7. The van der Waals surface area contributed by atoms with Crippen LogP contribution in [0.5, 0.6) is 11.5 Å². The Kier molecular flexibility index (Phi) is 7.16. The van der Waals surface area contributed by atoms with E-state index in [9.17, 15) is 33.3 Å². The maximum Gasteiger partial charge on any atom is 0.322 e. The Balaban J connectivity index is 1.49. The Labute approximate surface area is 218 Å². The molecule has 1 heterocycles. The van der Waals surface area contributed by atoms with Crippen molar-refractivity contribution in [3.05, 3.63) is 72.0 Å². The van der Waals surface area contributed by atoms with Crippen LogP contribution in [-0.2, 0) is 14.8 Å². The molecule has 0 saturated heterocycles. The summed E-state index contributed by atoms with van der Waals surface area (Å²) in [7, 11) is -4.03. The number of benzene rings is 3. The molecule has 3 aromatic carbocycles. The number of anilines is 1. The maximum absolute atomic E-state index is 12.8. The van der Waals surface area contributed by atoms with Crippen molar-refractivity contribution in [1.82, 2.24) is 4.72 Å². The van der Waals surface area contributed by atoms with Gasteiger partial charge >= 0.3 is 5.97 Å². The van der Waals surface area contributed by atoms with Crippen LogP contribution in [0.25, 0.3) is 22.1 Å². The molecule has 0 bridgehead atoms. The summed E-state index contributed by atoms with van der Waals surface area (Å²) in [6.45, 7) is 4.84. The topological polar surface area (TPSA) is 166 Å². The number of rotatable bonds is 8. The number of carbonyl (C=O) groups excluding carboxylic acids is 1. The lowest BCUT2D eigenvalue weighted by molar-refractivity contribution is -0.140. The normalized spacial score (nSPS) is 12.5. The molecule has 0 aliphatic heterocycles. The molecule has 0 unspecified atom stereocenters. The predicted molar refractivity (Wildman–Crippen MR) is 141 cm³/mol. The van der Waals surface area contributed by atoms with Gasteiger partial charge in [0.15, 0.2) is 17.3 Å². The number of furan rings is 1. The third-order valence-corrected chi connectivity index (χ3v) is 7.56. The van der Waals surface area contributed by atoms with Crippen molar-refractivity contribution in [2.24, 2.45) is 5.92 Å². The highest BCUT2D eigenvalue weighted by molar-refractivity contribution is 7.89. The lowest BCUT2D eigenvalue weighted by Gasteiger charge is -2.18. The Morgan fingerprint density at radius 2 is 1.47 bits per heavy atom. The summed E-state index contributed by atoms with van der Waals surface area (Å²) < 4.78 is 33.1. The van der Waals surface area contributed by atoms with Gasteiger partial charge in [-0.2, -0.15) is 4.72 Å². The number of aliphatic carboxylic acids is 1. The van der Waals surface area contributed by atoms with E-state index in [1.54, 1.807) is 57.2 Å². The van der Waals surface area contributed by atoms with Crippen LogP contribution in [0.3, 0.4) is 0 Å². The molecule has 0 radical (unpaired) electrons. The molecule has 0 spiro atoms. The lowest BCUT2D eigenvalue weighted by atomic mass is 10.1. The van der Waals surface area contributed by atoms with Gasteiger partial charge < -0.3 is 25.1 Å². The molecule has 198 valence electrons. The minimum Gasteiger partial charge on any atom is -0.504 e. The van der Waals surface area contributed by atoms with Gasteiger partial charge in [0.2, 0.25) is 10.0 Å². The fraction of sp³-hybridized carbons (Fsp3) is 0.185. The van der Waals surface area contributed by atoms with Crippen LogP contribution in [0, 0.1) is 12.8 Å². The number of carbonyl (C=O) groups is 2. The molecule has 11 heteroatoms. The smallest absolute Gasteiger partial charge is 0.322 e. The summed E-state index contributed by atoms with van der Waals surface area (Å²) >= 11 is 0. The van der Waals surface area contributed by atoms with E-state index in [0.717, 1.165) is 5.56 Å². The van der Waals surface area contributed by atoms with Crippen molar-refractivity contribution < 1.29 is 37.7 Å². The number of carboxylic acid groups (broad SMARTS) is 1. The van der Waals surface area contributed by atoms with E-state index in [1.165, 1.54) is 24.3 Å². The van der Waals surface area contributed by atoms with Gasteiger partial charge in [-0.15, -0.1) is 0 Å². The first kappa shape index (κ1) is 26.7. The molecule has 5 N–H and O–H groups in total. The quantitative estimate of drug-likeness (QED) is 0.205. The third kappa shape index (κ3) is 5.20. The van der Waals surface area contributed by atoms with Gasteiger partial charge in [-0.3, -0.25) is 9.59 Å². The number of carboxylic acids is 1. The highest BCUT2D eigenvalue weighted by atomic mass is 32.2. The van der Waals surface area contributed by atoms with Crippen LogP contribution in [0.1, 0.15) is 30.0 Å². The second-order valence-corrected chi connectivity index (χ2v) is 10.8. The van der Waals surface area contributed by atoms with E-state index >= 15 is 0 Å². The predicted octanol–water partition coefficient (Wildman–Crippen LogP) is 4.46. The van der Waals surface area contributed by atoms with Gasteiger partial charge in [0, 0.05) is 11.3 Å². The Morgan fingerprint density at radius 3 is 2.03 bits per heavy atom. The number of phenolic OH excluding ortho intramolecular Hbond substituents is 2. The number of aryl methyl sites for hydroxylation is 1. The summed E-state index contributed by atoms with van der Waals surface area (Å²) in [5.41, 5.74) is 2.59. The van der Waals surface area contributed by atoms with E-state index < -0.39 is 33.9 Å². The van der Waals surface area contributed by atoms with E-state index in [0.29, 0.717) is 16.8 Å². The molecule has 0 fully saturated rings. The van der Waals surface area contributed by atoms with E-state index in [-0.39, 0.29) is 33.1 Å². The molecule has 4 aromatic rings. The van der Waals surface area contributed by atoms with E-state index in [1.807, 2.05) is 0 Å². The fourth-order valence-electron chi connectivity index (χ4n) is 3.99. The van der Waals surface area contributed by atoms with Crippen molar-refractivity contribution in [2.45, 2.75) is 31.7 Å². The van der Waals surface area contributed by atoms with E-state index in [2.05, 4.69) is 10.0 Å². The van der Waals surface area contributed by atoms with Crippen molar-refractivity contribution in [3.8, 4) is 22.6 Å². The second-order valence-electron chi connectivity index (χ2n) is 9.10. The Bertz CT molecular complexity index is 1620. The van der Waals surface area contributed by atoms with Crippen molar-refractivity contribution in [3.63, 3.8) is 0 Å². The Hall–Kier alpha value is -4.35. The first-order valence-electron chi connectivity index (χ1n) is 11.6. The SMILES string of the molecule is Cc1c(C(=O)Nc2ccc(-c3ccc(S(=O)(=O)N[C@H](C(=O)O)C(C)C)cc3)cc2)oc2ccc(O)c(O)c12. The minimum atomic E-state index is -4.03. The summed E-state index contributed by atoms with van der Waals surface area (Å²) in [5, 5.41) is 32.1. The highest BCUT2D eigenvalue weighted by Crippen LogP contribution is 2.38. The van der Waals surface area contributed by atoms with Gasteiger partial charge in [0.05, 0.1) is 10.3 Å². The molecule has 38 heavy (non-hydrogen) atoms. The van der Waals surface area contributed by atoms with Gasteiger partial charge in [0.25, 0.3) is 5.91 Å². The Morgan fingerprint density at radius 1 is 0.895 bits per heavy atom. The molecule has 0 saturated carbocycles. The molecule has 1 atom stereocenters. The fourth-order valence-corrected chi connectivity index (χ4v) is 5.33. The monoisotopic (exact) mass is 538 g/mol. The number of amides is 1. The number of aromatic hydroxyl groups is 2. The van der Waals surface area contributed by atoms with Gasteiger partial charge in [-0.05, 0) is 60.4 Å². The third-order valence-electron chi connectivity index (χ3n) is 6.11. The number of hydrogen-bond acceptors (Lipinski definition) is 7. The van der Waals surface area contributed by atoms with Crippen molar-refractivity contribution in [2.75, 3.05) is 5.32 Å². The summed E-state index contributed by atoms with van der Waals surface area (Å²) in [4.78, 5) is 24.1. The second kappa shape index (κ2) is 10.2.